The molecule has 5 heteroatoms. The Kier molecular flexibility index (Phi) is 3.63. The van der Waals surface area contributed by atoms with E-state index in [0.29, 0.717) is 30.7 Å². The summed E-state index contributed by atoms with van der Waals surface area (Å²) >= 11 is 0. The van der Waals surface area contributed by atoms with Gasteiger partial charge in [0.1, 0.15) is 38.4 Å². The highest BCUT2D eigenvalue weighted by Gasteiger charge is 2.42. The van der Waals surface area contributed by atoms with Gasteiger partial charge in [-0.1, -0.05) is 0 Å². The van der Waals surface area contributed by atoms with Crippen molar-refractivity contribution < 1.29 is 24.9 Å². The van der Waals surface area contributed by atoms with Gasteiger partial charge in [-0.3, -0.25) is 0 Å². The average molecular weight is 192 g/mol. The molecule has 4 N–H and O–H groups in total. The first-order valence-corrected chi connectivity index (χ1v) is 4.56. The normalized spacial score (nSPS) is 32.3. The van der Waals surface area contributed by atoms with Gasteiger partial charge >= 0.3 is 0 Å². The van der Waals surface area contributed by atoms with Gasteiger partial charge in [-0.05, 0) is 0 Å². The van der Waals surface area contributed by atoms with Crippen molar-refractivity contribution in [2.75, 3.05) is 39.4 Å². The van der Waals surface area contributed by atoms with Crippen LogP contribution in [0.2, 0.25) is 0 Å². The molecule has 1 rings (SSSR count). The van der Waals surface area contributed by atoms with E-state index in [1.165, 1.54) is 0 Å². The topological polar surface area (TPSA) is 80.9 Å². The molecule has 78 valence electrons. The van der Waals surface area contributed by atoms with E-state index in [2.05, 4.69) is 0 Å². The summed E-state index contributed by atoms with van der Waals surface area (Å²) < 4.78 is 0.412. The van der Waals surface area contributed by atoms with E-state index in [4.69, 9.17) is 10.2 Å². The molecular formula is C8H18NO4+. The first-order valence-electron chi connectivity index (χ1n) is 4.56. The van der Waals surface area contributed by atoms with Crippen LogP contribution in [0.25, 0.3) is 0 Å². The van der Waals surface area contributed by atoms with Crippen molar-refractivity contribution in [2.24, 2.45) is 0 Å². The highest BCUT2D eigenvalue weighted by Crippen LogP contribution is 2.19. The number of quaternary nitrogens is 1. The van der Waals surface area contributed by atoms with Crippen LogP contribution in [-0.2, 0) is 0 Å². The zero-order valence-corrected chi connectivity index (χ0v) is 7.63. The van der Waals surface area contributed by atoms with E-state index in [-0.39, 0.29) is 13.2 Å². The van der Waals surface area contributed by atoms with Crippen LogP contribution in [-0.4, -0.2) is 76.5 Å². The Morgan fingerprint density at radius 3 is 1.62 bits per heavy atom. The molecule has 1 fully saturated rings. The second kappa shape index (κ2) is 4.34. The molecule has 0 amide bonds. The molecular weight excluding hydrogens is 174 g/mol. The largest absolute Gasteiger partial charge is 0.391 e. The van der Waals surface area contributed by atoms with Crippen molar-refractivity contribution >= 4 is 0 Å². The highest BCUT2D eigenvalue weighted by molar-refractivity contribution is 4.74. The number of hydrogen-bond donors (Lipinski definition) is 4. The number of nitrogens with zero attached hydrogens (tertiary/aromatic N) is 1. The van der Waals surface area contributed by atoms with Crippen LogP contribution in [0.4, 0.5) is 0 Å². The Bertz CT molecular complexity index is 146. The molecule has 1 aliphatic heterocycles. The van der Waals surface area contributed by atoms with Crippen molar-refractivity contribution in [3.05, 3.63) is 0 Å². The molecule has 1 heterocycles. The fraction of sp³-hybridized carbons (Fsp3) is 1.00. The molecule has 2 unspecified atom stereocenters. The molecule has 5 nitrogen and oxygen atoms in total. The fourth-order valence-corrected chi connectivity index (χ4v) is 2.01. The summed E-state index contributed by atoms with van der Waals surface area (Å²) in [6.45, 7) is 1.83. The molecule has 1 saturated heterocycles. The van der Waals surface area contributed by atoms with Crippen LogP contribution in [0.3, 0.4) is 0 Å². The maximum absolute atomic E-state index is 9.36. The van der Waals surface area contributed by atoms with Crippen LogP contribution >= 0.6 is 0 Å². The quantitative estimate of drug-likeness (QED) is 0.372. The van der Waals surface area contributed by atoms with Gasteiger partial charge in [0.05, 0.1) is 13.2 Å². The van der Waals surface area contributed by atoms with E-state index in [1.807, 2.05) is 0 Å². The third-order valence-electron chi connectivity index (χ3n) is 2.74. The second-order valence-corrected chi connectivity index (χ2v) is 3.74. The molecule has 0 aromatic rings. The third kappa shape index (κ3) is 2.38. The molecule has 0 aromatic heterocycles. The lowest BCUT2D eigenvalue weighted by Gasteiger charge is -2.32. The smallest absolute Gasteiger partial charge is 0.134 e. The Hall–Kier alpha value is -0.200. The van der Waals surface area contributed by atoms with Gasteiger partial charge < -0.3 is 24.9 Å². The van der Waals surface area contributed by atoms with E-state index in [1.54, 1.807) is 0 Å². The minimum Gasteiger partial charge on any atom is -0.391 e. The Morgan fingerprint density at radius 1 is 0.923 bits per heavy atom. The second-order valence-electron chi connectivity index (χ2n) is 3.74. The molecule has 0 radical (unpaired) electrons. The summed E-state index contributed by atoms with van der Waals surface area (Å²) in [6.07, 6.45) is -1.45. The molecule has 2 atom stereocenters. The molecule has 1 aliphatic rings. The van der Waals surface area contributed by atoms with E-state index < -0.39 is 12.2 Å². The predicted molar refractivity (Wildman–Crippen MR) is 45.9 cm³/mol. The lowest BCUT2D eigenvalue weighted by molar-refractivity contribution is -0.919. The zero-order valence-electron chi connectivity index (χ0n) is 7.63. The van der Waals surface area contributed by atoms with Crippen molar-refractivity contribution in [2.45, 2.75) is 12.2 Å². The summed E-state index contributed by atoms with van der Waals surface area (Å²) in [6, 6.07) is 0. The molecule has 0 aliphatic carbocycles. The van der Waals surface area contributed by atoms with Crippen LogP contribution in [0.1, 0.15) is 0 Å². The molecule has 0 saturated carbocycles. The summed E-state index contributed by atoms with van der Waals surface area (Å²) in [5, 5.41) is 36.4. The number of rotatable bonds is 4. The van der Waals surface area contributed by atoms with Gasteiger partial charge in [-0.2, -0.15) is 0 Å². The minimum atomic E-state index is -0.724. The maximum Gasteiger partial charge on any atom is 0.134 e. The summed E-state index contributed by atoms with van der Waals surface area (Å²) in [5.41, 5.74) is 0. The Balaban J connectivity index is 2.58. The fourth-order valence-electron chi connectivity index (χ4n) is 2.01. The first kappa shape index (κ1) is 10.9. The lowest BCUT2D eigenvalue weighted by atomic mass is 10.3. The summed E-state index contributed by atoms with van der Waals surface area (Å²) in [5.74, 6) is 0. The maximum atomic E-state index is 9.36. The van der Waals surface area contributed by atoms with Crippen LogP contribution in [0.5, 0.6) is 0 Å². The lowest BCUT2D eigenvalue weighted by Crippen LogP contribution is -2.50. The van der Waals surface area contributed by atoms with Crippen LogP contribution in [0.15, 0.2) is 0 Å². The summed E-state index contributed by atoms with van der Waals surface area (Å²) in [7, 11) is 0. The van der Waals surface area contributed by atoms with Gasteiger partial charge in [-0.25, -0.2) is 0 Å². The molecule has 0 spiro atoms. The SMILES string of the molecule is OCC[N+]1(CCO)CC(O)C(O)C1. The molecule has 13 heavy (non-hydrogen) atoms. The number of likely N-dealkylation sites (tertiary alicyclic amines) is 1. The van der Waals surface area contributed by atoms with Gasteiger partial charge in [0.15, 0.2) is 0 Å². The standard InChI is InChI=1S/C8H18NO4/c10-3-1-9(2-4-11)5-7(12)8(13)6-9/h7-8,10-13H,1-6H2/q+1. The summed E-state index contributed by atoms with van der Waals surface area (Å²) in [4.78, 5) is 0. The molecule has 0 aromatic carbocycles. The van der Waals surface area contributed by atoms with Crippen LogP contribution < -0.4 is 0 Å². The van der Waals surface area contributed by atoms with Crippen molar-refractivity contribution in [1.29, 1.82) is 0 Å². The number of aliphatic hydroxyl groups is 4. The monoisotopic (exact) mass is 192 g/mol. The number of hydrogen-bond acceptors (Lipinski definition) is 4. The average Bonchev–Trinajstić information content (AvgIpc) is 2.29. The van der Waals surface area contributed by atoms with Gasteiger partial charge in [0.2, 0.25) is 0 Å². The highest BCUT2D eigenvalue weighted by atomic mass is 16.3. The van der Waals surface area contributed by atoms with Gasteiger partial charge in [-0.15, -0.1) is 0 Å². The number of aliphatic hydroxyl groups excluding tert-OH is 4. The minimum absolute atomic E-state index is 0.0133. The van der Waals surface area contributed by atoms with E-state index >= 15 is 0 Å². The third-order valence-corrected chi connectivity index (χ3v) is 2.74. The van der Waals surface area contributed by atoms with Gasteiger partial charge in [0, 0.05) is 0 Å². The zero-order chi connectivity index (χ0) is 9.90. The van der Waals surface area contributed by atoms with Gasteiger partial charge in [0.25, 0.3) is 0 Å². The van der Waals surface area contributed by atoms with E-state index in [0.717, 1.165) is 0 Å². The Morgan fingerprint density at radius 2 is 1.31 bits per heavy atom. The predicted octanol–water partition coefficient (Wildman–Crippen LogP) is -2.48. The Labute approximate surface area is 77.4 Å². The van der Waals surface area contributed by atoms with E-state index in [9.17, 15) is 10.2 Å². The first-order chi connectivity index (χ1) is 6.13. The van der Waals surface area contributed by atoms with Crippen molar-refractivity contribution in [1.82, 2.24) is 0 Å². The molecule has 0 bridgehead atoms. The van der Waals surface area contributed by atoms with Crippen LogP contribution in [0, 0.1) is 0 Å². The van der Waals surface area contributed by atoms with Crippen molar-refractivity contribution in [3.63, 3.8) is 0 Å². The van der Waals surface area contributed by atoms with Crippen molar-refractivity contribution in [3.8, 4) is 0 Å².